The lowest BCUT2D eigenvalue weighted by Gasteiger charge is -2.21. The molecule has 1 fully saturated rings. The first-order valence-electron chi connectivity index (χ1n) is 8.00. The van der Waals surface area contributed by atoms with E-state index >= 15 is 0 Å². The van der Waals surface area contributed by atoms with Gasteiger partial charge in [-0.2, -0.15) is 0 Å². The van der Waals surface area contributed by atoms with E-state index in [1.165, 1.54) is 23.5 Å². The van der Waals surface area contributed by atoms with E-state index in [0.29, 0.717) is 16.7 Å². The van der Waals surface area contributed by atoms with Gasteiger partial charge < -0.3 is 10.1 Å². The Hall–Kier alpha value is -1.59. The standard InChI is InChI=1S/C19H21NO2S2/c1-22-17-5-2-4-14(12-17)13-20-18(21)15-6-8-16(9-7-15)19-23-10-3-11-24-19/h2,4-9,12,19H,3,10-11,13H2,1H3,(H,20,21). The Bertz CT molecular complexity index is 682. The van der Waals surface area contributed by atoms with E-state index in [2.05, 4.69) is 17.4 Å². The molecule has 0 spiro atoms. The van der Waals surface area contributed by atoms with Crippen LogP contribution in [0.15, 0.2) is 48.5 Å². The second kappa shape index (κ2) is 8.49. The Kier molecular flexibility index (Phi) is 6.10. The molecule has 1 aliphatic heterocycles. The molecule has 3 nitrogen and oxygen atoms in total. The third kappa shape index (κ3) is 4.48. The Balaban J connectivity index is 1.58. The zero-order valence-electron chi connectivity index (χ0n) is 13.7. The van der Waals surface area contributed by atoms with E-state index in [9.17, 15) is 4.79 Å². The van der Waals surface area contributed by atoms with Crippen molar-refractivity contribution < 1.29 is 9.53 Å². The van der Waals surface area contributed by atoms with Gasteiger partial charge >= 0.3 is 0 Å². The molecule has 5 heteroatoms. The molecule has 0 aliphatic carbocycles. The normalized spacial score (nSPS) is 15.0. The highest BCUT2D eigenvalue weighted by molar-refractivity contribution is 8.16. The van der Waals surface area contributed by atoms with Crippen LogP contribution in [0.5, 0.6) is 5.75 Å². The van der Waals surface area contributed by atoms with Crippen LogP contribution in [0.2, 0.25) is 0 Å². The van der Waals surface area contributed by atoms with Gasteiger partial charge in [0.2, 0.25) is 0 Å². The van der Waals surface area contributed by atoms with Crippen LogP contribution in [0.1, 0.15) is 32.5 Å². The highest BCUT2D eigenvalue weighted by atomic mass is 32.2. The molecule has 0 bridgehead atoms. The summed E-state index contributed by atoms with van der Waals surface area (Å²) in [5.41, 5.74) is 3.02. The number of hydrogen-bond donors (Lipinski definition) is 1. The summed E-state index contributed by atoms with van der Waals surface area (Å²) in [6.45, 7) is 0.492. The van der Waals surface area contributed by atoms with Crippen LogP contribution in [0, 0.1) is 0 Å². The quantitative estimate of drug-likeness (QED) is 0.853. The molecule has 0 unspecified atom stereocenters. The lowest BCUT2D eigenvalue weighted by Crippen LogP contribution is -2.22. The van der Waals surface area contributed by atoms with E-state index in [0.717, 1.165) is 11.3 Å². The second-order valence-electron chi connectivity index (χ2n) is 5.58. The summed E-state index contributed by atoms with van der Waals surface area (Å²) in [4.78, 5) is 12.3. The fourth-order valence-electron chi connectivity index (χ4n) is 2.54. The molecule has 126 valence electrons. The first-order chi connectivity index (χ1) is 11.8. The molecule has 0 radical (unpaired) electrons. The van der Waals surface area contributed by atoms with Gasteiger partial charge in [-0.05, 0) is 53.3 Å². The van der Waals surface area contributed by atoms with Gasteiger partial charge in [-0.3, -0.25) is 4.79 Å². The highest BCUT2D eigenvalue weighted by Gasteiger charge is 2.16. The summed E-state index contributed by atoms with van der Waals surface area (Å²) in [6.07, 6.45) is 1.29. The maximum Gasteiger partial charge on any atom is 0.251 e. The van der Waals surface area contributed by atoms with Gasteiger partial charge in [-0.1, -0.05) is 24.3 Å². The molecule has 24 heavy (non-hydrogen) atoms. The van der Waals surface area contributed by atoms with Crippen LogP contribution in [0.3, 0.4) is 0 Å². The van der Waals surface area contributed by atoms with Gasteiger partial charge in [0.15, 0.2) is 0 Å². The number of thioether (sulfide) groups is 2. The number of nitrogens with one attached hydrogen (secondary N) is 1. The van der Waals surface area contributed by atoms with Crippen LogP contribution < -0.4 is 10.1 Å². The molecule has 1 aliphatic rings. The predicted octanol–water partition coefficient (Wildman–Crippen LogP) is 4.49. The third-order valence-corrected chi connectivity index (χ3v) is 6.87. The number of ether oxygens (including phenoxy) is 1. The van der Waals surface area contributed by atoms with Crippen LogP contribution in [-0.4, -0.2) is 24.5 Å². The number of carbonyl (C=O) groups excluding carboxylic acids is 1. The van der Waals surface area contributed by atoms with Crippen LogP contribution in [-0.2, 0) is 6.54 Å². The molecule has 3 rings (SSSR count). The van der Waals surface area contributed by atoms with Gasteiger partial charge in [0, 0.05) is 12.1 Å². The minimum absolute atomic E-state index is 0.0479. The maximum absolute atomic E-state index is 12.3. The summed E-state index contributed by atoms with van der Waals surface area (Å²) < 4.78 is 5.71. The number of amides is 1. The maximum atomic E-state index is 12.3. The van der Waals surface area contributed by atoms with Crippen LogP contribution in [0.4, 0.5) is 0 Å². The molecule has 2 aromatic rings. The van der Waals surface area contributed by atoms with Crippen molar-refractivity contribution in [2.45, 2.75) is 17.5 Å². The largest absolute Gasteiger partial charge is 0.497 e. The summed E-state index contributed by atoms with van der Waals surface area (Å²) >= 11 is 3.98. The topological polar surface area (TPSA) is 38.3 Å². The van der Waals surface area contributed by atoms with Crippen molar-refractivity contribution in [2.75, 3.05) is 18.6 Å². The van der Waals surface area contributed by atoms with Crippen LogP contribution >= 0.6 is 23.5 Å². The Morgan fingerprint density at radius 2 is 1.92 bits per heavy atom. The number of carbonyl (C=O) groups is 1. The minimum Gasteiger partial charge on any atom is -0.497 e. The van der Waals surface area contributed by atoms with Gasteiger partial charge in [0.25, 0.3) is 5.91 Å². The zero-order valence-corrected chi connectivity index (χ0v) is 15.3. The molecular weight excluding hydrogens is 338 g/mol. The van der Waals surface area contributed by atoms with Gasteiger partial charge in [-0.25, -0.2) is 0 Å². The fourth-order valence-corrected chi connectivity index (χ4v) is 5.43. The number of methoxy groups -OCH3 is 1. The van der Waals surface area contributed by atoms with Crippen molar-refractivity contribution in [3.8, 4) is 5.75 Å². The zero-order chi connectivity index (χ0) is 16.8. The number of rotatable bonds is 5. The molecule has 0 atom stereocenters. The van der Waals surface area contributed by atoms with Gasteiger partial charge in [-0.15, -0.1) is 23.5 Å². The van der Waals surface area contributed by atoms with E-state index in [-0.39, 0.29) is 5.91 Å². The molecule has 1 amide bonds. The molecular formula is C19H21NO2S2. The summed E-state index contributed by atoms with van der Waals surface area (Å²) in [6, 6.07) is 15.7. The first kappa shape index (κ1) is 17.2. The Labute approximate surface area is 151 Å². The molecule has 0 saturated carbocycles. The molecule has 2 aromatic carbocycles. The first-order valence-corrected chi connectivity index (χ1v) is 10.1. The monoisotopic (exact) mass is 359 g/mol. The summed E-state index contributed by atoms with van der Waals surface area (Å²) in [5, 5.41) is 2.96. The van der Waals surface area contributed by atoms with Crippen molar-refractivity contribution in [2.24, 2.45) is 0 Å². The minimum atomic E-state index is -0.0479. The molecule has 1 saturated heterocycles. The van der Waals surface area contributed by atoms with E-state index in [1.807, 2.05) is 59.9 Å². The van der Waals surface area contributed by atoms with E-state index in [1.54, 1.807) is 7.11 Å². The van der Waals surface area contributed by atoms with Crippen molar-refractivity contribution in [3.05, 3.63) is 65.2 Å². The third-order valence-electron chi connectivity index (χ3n) is 3.86. The molecule has 0 aromatic heterocycles. The Morgan fingerprint density at radius 1 is 1.17 bits per heavy atom. The fraction of sp³-hybridized carbons (Fsp3) is 0.316. The predicted molar refractivity (Wildman–Crippen MR) is 103 cm³/mol. The highest BCUT2D eigenvalue weighted by Crippen LogP contribution is 2.43. The number of hydrogen-bond acceptors (Lipinski definition) is 4. The van der Waals surface area contributed by atoms with Crippen molar-refractivity contribution >= 4 is 29.4 Å². The molecule has 1 heterocycles. The van der Waals surface area contributed by atoms with Gasteiger partial charge in [0.05, 0.1) is 11.7 Å². The summed E-state index contributed by atoms with van der Waals surface area (Å²) in [5.74, 6) is 3.20. The van der Waals surface area contributed by atoms with E-state index in [4.69, 9.17) is 4.74 Å². The van der Waals surface area contributed by atoms with Crippen molar-refractivity contribution in [1.29, 1.82) is 0 Å². The average molecular weight is 360 g/mol. The second-order valence-corrected chi connectivity index (χ2v) is 8.31. The van der Waals surface area contributed by atoms with Crippen molar-refractivity contribution in [1.82, 2.24) is 5.32 Å². The van der Waals surface area contributed by atoms with Crippen molar-refractivity contribution in [3.63, 3.8) is 0 Å². The SMILES string of the molecule is COc1cccc(CNC(=O)c2ccc(C3SCCCS3)cc2)c1. The van der Waals surface area contributed by atoms with E-state index < -0.39 is 0 Å². The lowest BCUT2D eigenvalue weighted by atomic mass is 10.1. The van der Waals surface area contributed by atoms with Gasteiger partial charge in [0.1, 0.15) is 5.75 Å². The number of benzene rings is 2. The Morgan fingerprint density at radius 3 is 2.62 bits per heavy atom. The molecule has 1 N–H and O–H groups in total. The smallest absolute Gasteiger partial charge is 0.251 e. The average Bonchev–Trinajstić information content (AvgIpc) is 2.67. The summed E-state index contributed by atoms with van der Waals surface area (Å²) in [7, 11) is 1.64. The van der Waals surface area contributed by atoms with Crippen LogP contribution in [0.25, 0.3) is 0 Å². The lowest BCUT2D eigenvalue weighted by molar-refractivity contribution is 0.0951.